The predicted molar refractivity (Wildman–Crippen MR) is 101 cm³/mol. The van der Waals surface area contributed by atoms with Crippen LogP contribution in [0.1, 0.15) is 28.6 Å². The molecular weight excluding hydrogens is 394 g/mol. The summed E-state index contributed by atoms with van der Waals surface area (Å²) in [4.78, 5) is 0. The standard InChI is InChI=1S/C20H16BrN3O2/c1-13-17(20(26-24-13)15-7-9-16(21)10-8-15)12-19-23-22-18(25-19)11-14-5-3-2-4-6-14/h2-10H,11-12H2,1H3. The molecule has 2 aromatic carbocycles. The molecule has 2 aromatic heterocycles. The lowest BCUT2D eigenvalue weighted by molar-refractivity contribution is 0.426. The molecule has 0 atom stereocenters. The molecule has 0 amide bonds. The van der Waals surface area contributed by atoms with E-state index in [9.17, 15) is 0 Å². The minimum atomic E-state index is 0.489. The lowest BCUT2D eigenvalue weighted by Crippen LogP contribution is -1.92. The molecule has 0 saturated carbocycles. The molecule has 0 radical (unpaired) electrons. The first-order chi connectivity index (χ1) is 12.7. The molecule has 0 N–H and O–H groups in total. The van der Waals surface area contributed by atoms with Gasteiger partial charge in [-0.1, -0.05) is 63.6 Å². The smallest absolute Gasteiger partial charge is 0.221 e. The van der Waals surface area contributed by atoms with E-state index in [2.05, 4.69) is 31.3 Å². The van der Waals surface area contributed by atoms with Gasteiger partial charge in [0.25, 0.3) is 0 Å². The molecule has 0 bridgehead atoms. The van der Waals surface area contributed by atoms with Crippen molar-refractivity contribution in [2.24, 2.45) is 0 Å². The number of halogens is 1. The van der Waals surface area contributed by atoms with Gasteiger partial charge in [0.05, 0.1) is 18.5 Å². The van der Waals surface area contributed by atoms with Crippen molar-refractivity contribution >= 4 is 15.9 Å². The molecule has 0 fully saturated rings. The van der Waals surface area contributed by atoms with E-state index in [0.717, 1.165) is 32.6 Å². The largest absolute Gasteiger partial charge is 0.425 e. The van der Waals surface area contributed by atoms with Gasteiger partial charge in [-0.05, 0) is 24.6 Å². The van der Waals surface area contributed by atoms with Gasteiger partial charge in [0, 0.05) is 15.6 Å². The Kier molecular flexibility index (Phi) is 4.67. The van der Waals surface area contributed by atoms with E-state index in [1.54, 1.807) is 0 Å². The summed E-state index contributed by atoms with van der Waals surface area (Å²) in [6.45, 7) is 1.92. The van der Waals surface area contributed by atoms with Gasteiger partial charge in [-0.2, -0.15) is 0 Å². The molecule has 4 aromatic rings. The second kappa shape index (κ2) is 7.25. The molecule has 0 aliphatic carbocycles. The molecule has 26 heavy (non-hydrogen) atoms. The lowest BCUT2D eigenvalue weighted by atomic mass is 10.0. The average Bonchev–Trinajstić information content (AvgIpc) is 3.24. The fourth-order valence-electron chi connectivity index (χ4n) is 2.78. The van der Waals surface area contributed by atoms with E-state index < -0.39 is 0 Å². The van der Waals surface area contributed by atoms with Crippen LogP contribution in [-0.2, 0) is 12.8 Å². The zero-order valence-electron chi connectivity index (χ0n) is 14.1. The van der Waals surface area contributed by atoms with Crippen LogP contribution >= 0.6 is 15.9 Å². The van der Waals surface area contributed by atoms with Crippen molar-refractivity contribution in [3.8, 4) is 11.3 Å². The van der Waals surface area contributed by atoms with Crippen molar-refractivity contribution in [3.63, 3.8) is 0 Å². The first-order valence-corrected chi connectivity index (χ1v) is 9.04. The summed E-state index contributed by atoms with van der Waals surface area (Å²) in [5, 5.41) is 12.5. The monoisotopic (exact) mass is 409 g/mol. The van der Waals surface area contributed by atoms with Gasteiger partial charge in [0.2, 0.25) is 11.8 Å². The Hall–Kier alpha value is -2.73. The quantitative estimate of drug-likeness (QED) is 0.465. The zero-order chi connectivity index (χ0) is 17.9. The second-order valence-electron chi connectivity index (χ2n) is 6.01. The van der Waals surface area contributed by atoms with Gasteiger partial charge in [-0.25, -0.2) is 0 Å². The number of hydrogen-bond acceptors (Lipinski definition) is 5. The van der Waals surface area contributed by atoms with Crippen LogP contribution in [0, 0.1) is 6.92 Å². The molecule has 4 rings (SSSR count). The number of benzene rings is 2. The van der Waals surface area contributed by atoms with Crippen molar-refractivity contribution in [1.82, 2.24) is 15.4 Å². The molecule has 5 nitrogen and oxygen atoms in total. The van der Waals surface area contributed by atoms with Crippen molar-refractivity contribution < 1.29 is 8.94 Å². The third-order valence-electron chi connectivity index (χ3n) is 4.13. The Labute approximate surface area is 159 Å². The second-order valence-corrected chi connectivity index (χ2v) is 6.93. The fraction of sp³-hybridized carbons (Fsp3) is 0.150. The SMILES string of the molecule is Cc1noc(-c2ccc(Br)cc2)c1Cc1nnc(Cc2ccccc2)o1. The van der Waals surface area contributed by atoms with Crippen molar-refractivity contribution in [2.45, 2.75) is 19.8 Å². The van der Waals surface area contributed by atoms with Crippen LogP contribution in [0.5, 0.6) is 0 Å². The number of aromatic nitrogens is 3. The topological polar surface area (TPSA) is 65.0 Å². The van der Waals surface area contributed by atoms with E-state index in [0.29, 0.717) is 24.6 Å². The molecule has 2 heterocycles. The maximum atomic E-state index is 5.83. The third kappa shape index (κ3) is 3.60. The highest BCUT2D eigenvalue weighted by atomic mass is 79.9. The molecule has 130 valence electrons. The summed E-state index contributed by atoms with van der Waals surface area (Å²) in [6.07, 6.45) is 1.11. The first-order valence-electron chi connectivity index (χ1n) is 8.25. The molecule has 0 unspecified atom stereocenters. The summed E-state index contributed by atoms with van der Waals surface area (Å²) in [7, 11) is 0. The van der Waals surface area contributed by atoms with E-state index in [1.807, 2.05) is 61.5 Å². The minimum Gasteiger partial charge on any atom is -0.425 e. The van der Waals surface area contributed by atoms with Crippen LogP contribution < -0.4 is 0 Å². The Morgan fingerprint density at radius 3 is 2.31 bits per heavy atom. The normalized spacial score (nSPS) is 11.0. The summed E-state index contributed by atoms with van der Waals surface area (Å²) in [5.41, 5.74) is 3.89. The van der Waals surface area contributed by atoms with Crippen LogP contribution in [0.25, 0.3) is 11.3 Å². The number of rotatable bonds is 5. The van der Waals surface area contributed by atoms with Crippen molar-refractivity contribution in [1.29, 1.82) is 0 Å². The number of hydrogen-bond donors (Lipinski definition) is 0. The van der Waals surface area contributed by atoms with Crippen LogP contribution in [0.4, 0.5) is 0 Å². The summed E-state index contributed by atoms with van der Waals surface area (Å²) in [5.74, 6) is 1.89. The maximum absolute atomic E-state index is 5.83. The number of nitrogens with zero attached hydrogens (tertiary/aromatic N) is 3. The average molecular weight is 410 g/mol. The lowest BCUT2D eigenvalue weighted by Gasteiger charge is -2.01. The van der Waals surface area contributed by atoms with Gasteiger partial charge in [0.15, 0.2) is 5.76 Å². The highest BCUT2D eigenvalue weighted by molar-refractivity contribution is 9.10. The molecule has 6 heteroatoms. The summed E-state index contributed by atoms with van der Waals surface area (Å²) < 4.78 is 12.4. The predicted octanol–water partition coefficient (Wildman–Crippen LogP) is 4.98. The molecule has 0 aliphatic rings. The first kappa shape index (κ1) is 16.7. The van der Waals surface area contributed by atoms with Gasteiger partial charge >= 0.3 is 0 Å². The van der Waals surface area contributed by atoms with Gasteiger partial charge in [0.1, 0.15) is 0 Å². The summed E-state index contributed by atoms with van der Waals surface area (Å²) >= 11 is 3.45. The Morgan fingerprint density at radius 2 is 1.58 bits per heavy atom. The van der Waals surface area contributed by atoms with Crippen LogP contribution in [0.3, 0.4) is 0 Å². The Bertz CT molecular complexity index is 1010. The van der Waals surface area contributed by atoms with E-state index in [1.165, 1.54) is 0 Å². The Morgan fingerprint density at radius 1 is 0.885 bits per heavy atom. The number of aryl methyl sites for hydroxylation is 1. The van der Waals surface area contributed by atoms with Crippen LogP contribution in [-0.4, -0.2) is 15.4 Å². The van der Waals surface area contributed by atoms with Gasteiger partial charge in [-0.3, -0.25) is 0 Å². The third-order valence-corrected chi connectivity index (χ3v) is 4.65. The summed E-state index contributed by atoms with van der Waals surface area (Å²) in [6, 6.07) is 18.0. The molecule has 0 aliphatic heterocycles. The highest BCUT2D eigenvalue weighted by Gasteiger charge is 2.18. The Balaban J connectivity index is 1.56. The maximum Gasteiger partial charge on any atom is 0.221 e. The minimum absolute atomic E-state index is 0.489. The zero-order valence-corrected chi connectivity index (χ0v) is 15.7. The van der Waals surface area contributed by atoms with Crippen molar-refractivity contribution in [2.75, 3.05) is 0 Å². The van der Waals surface area contributed by atoms with Gasteiger partial charge in [-0.15, -0.1) is 10.2 Å². The van der Waals surface area contributed by atoms with E-state index in [-0.39, 0.29) is 0 Å². The molecular formula is C20H16BrN3O2. The van der Waals surface area contributed by atoms with Crippen LogP contribution in [0.2, 0.25) is 0 Å². The van der Waals surface area contributed by atoms with E-state index >= 15 is 0 Å². The highest BCUT2D eigenvalue weighted by Crippen LogP contribution is 2.29. The fourth-order valence-corrected chi connectivity index (χ4v) is 3.04. The van der Waals surface area contributed by atoms with E-state index in [4.69, 9.17) is 8.94 Å². The van der Waals surface area contributed by atoms with Crippen molar-refractivity contribution in [3.05, 3.63) is 87.7 Å². The molecule has 0 spiro atoms. The molecule has 0 saturated heterocycles. The van der Waals surface area contributed by atoms with Crippen LogP contribution in [0.15, 0.2) is 68.0 Å². The van der Waals surface area contributed by atoms with Gasteiger partial charge < -0.3 is 8.94 Å².